The summed E-state index contributed by atoms with van der Waals surface area (Å²) in [4.78, 5) is 11.6. The maximum Gasteiger partial charge on any atom is 0.286 e. The van der Waals surface area contributed by atoms with Crippen LogP contribution in [0.5, 0.6) is 0 Å². The van der Waals surface area contributed by atoms with Crippen molar-refractivity contribution in [3.63, 3.8) is 0 Å². The van der Waals surface area contributed by atoms with Crippen molar-refractivity contribution in [1.82, 2.24) is 4.59 Å². The van der Waals surface area contributed by atoms with Crippen molar-refractivity contribution >= 4 is 40.5 Å². The predicted molar refractivity (Wildman–Crippen MR) is 100 cm³/mol. The molecule has 0 aromatic heterocycles. The first-order chi connectivity index (χ1) is 12.6. The van der Waals surface area contributed by atoms with Crippen LogP contribution in [0.4, 0.5) is 18.9 Å². The number of hydrogen-bond donors (Lipinski definition) is 1. The zero-order chi connectivity index (χ0) is 19.9. The topological polar surface area (TPSA) is 55.5 Å². The molecule has 0 bridgehead atoms. The smallest absolute Gasteiger partial charge is 0.286 e. The Morgan fingerprint density at radius 3 is 2.41 bits per heavy atom. The minimum Gasteiger partial charge on any atom is -0.365 e. The number of rotatable bonds is 4. The van der Waals surface area contributed by atoms with Crippen molar-refractivity contribution < 1.29 is 18.0 Å². The number of carbonyl (C=O) groups is 1. The first kappa shape index (κ1) is 19.4. The van der Waals surface area contributed by atoms with Crippen molar-refractivity contribution in [2.24, 2.45) is 10.8 Å². The second-order valence-electron chi connectivity index (χ2n) is 6.01. The van der Waals surface area contributed by atoms with Gasteiger partial charge in [0.05, 0.1) is 10.0 Å². The molecule has 1 heterocycles. The fraction of sp³-hybridized carbons (Fsp3) is 0.111. The Balaban J connectivity index is 2.23. The highest BCUT2D eigenvalue weighted by Crippen LogP contribution is 2.40. The molecule has 140 valence electrons. The molecule has 0 saturated heterocycles. The lowest BCUT2D eigenvalue weighted by Crippen LogP contribution is -2.31. The molecular formula is C18H13Cl2F3N3O+. The number of carbonyl (C=O) groups excluding carboxylic acids is 1. The number of benzene rings is 2. The minimum absolute atomic E-state index is 0.249. The quantitative estimate of drug-likeness (QED) is 0.721. The molecule has 0 fully saturated rings. The number of amides is 1. The molecule has 3 rings (SSSR count). The zero-order valence-corrected chi connectivity index (χ0v) is 15.4. The van der Waals surface area contributed by atoms with E-state index >= 15 is 0 Å². The van der Waals surface area contributed by atoms with Gasteiger partial charge in [-0.05, 0) is 29.8 Å². The molecule has 1 aliphatic heterocycles. The largest absolute Gasteiger partial charge is 0.365 e. The second kappa shape index (κ2) is 6.99. The van der Waals surface area contributed by atoms with E-state index in [4.69, 9.17) is 28.9 Å². The van der Waals surface area contributed by atoms with Crippen molar-refractivity contribution in [3.05, 3.63) is 64.0 Å². The molecule has 0 radical (unpaired) electrons. The molecule has 1 amide bonds. The average Bonchev–Trinajstić information content (AvgIpc) is 2.97. The van der Waals surface area contributed by atoms with E-state index in [0.29, 0.717) is 21.8 Å². The Labute approximate surface area is 162 Å². The van der Waals surface area contributed by atoms with Crippen LogP contribution in [0.3, 0.4) is 0 Å². The third-order valence-corrected chi connectivity index (χ3v) is 4.86. The van der Waals surface area contributed by atoms with E-state index < -0.39 is 28.5 Å². The molecule has 27 heavy (non-hydrogen) atoms. The number of quaternary nitrogens is 1. The fourth-order valence-electron chi connectivity index (χ4n) is 2.90. The first-order valence-corrected chi connectivity index (χ1v) is 8.41. The van der Waals surface area contributed by atoms with Crippen molar-refractivity contribution in [2.45, 2.75) is 6.43 Å². The molecule has 2 N–H and O–H groups in total. The summed E-state index contributed by atoms with van der Waals surface area (Å²) in [5.41, 5.74) is 5.34. The summed E-state index contributed by atoms with van der Waals surface area (Å²) in [5.74, 6) is -1.56. The first-order valence-electron chi connectivity index (χ1n) is 7.65. The van der Waals surface area contributed by atoms with E-state index in [1.54, 1.807) is 6.07 Å². The lowest BCUT2D eigenvalue weighted by molar-refractivity contribution is -0.114. The highest BCUT2D eigenvalue weighted by Gasteiger charge is 2.41. The van der Waals surface area contributed by atoms with Gasteiger partial charge in [0.25, 0.3) is 12.3 Å². The molecule has 0 aliphatic carbocycles. The molecular weight excluding hydrogens is 402 g/mol. The molecule has 2 aromatic carbocycles. The van der Waals surface area contributed by atoms with Crippen molar-refractivity contribution in [1.29, 1.82) is 0 Å². The number of nitrogens with two attached hydrogens (primary N) is 1. The van der Waals surface area contributed by atoms with Gasteiger partial charge in [-0.2, -0.15) is 0 Å². The third kappa shape index (κ3) is 3.58. The van der Waals surface area contributed by atoms with Crippen molar-refractivity contribution in [2.75, 3.05) is 7.05 Å². The average molecular weight is 415 g/mol. The van der Waals surface area contributed by atoms with Crippen LogP contribution in [0.1, 0.15) is 0 Å². The van der Waals surface area contributed by atoms with E-state index in [0.717, 1.165) is 0 Å². The molecule has 0 saturated carbocycles. The normalized spacial score (nSPS) is 19.2. The van der Waals surface area contributed by atoms with Crippen LogP contribution in [-0.2, 0) is 4.79 Å². The molecule has 2 aromatic rings. The monoisotopic (exact) mass is 414 g/mol. The molecule has 4 nitrogen and oxygen atoms in total. The number of halogens is 5. The standard InChI is InChI=1S/C18H12Cl2F3N3O/c1-26(8-12(18(24)27)16(25-26)17(22)23)15-5-3-10(21)7-11(15)9-2-4-13(19)14(20)6-9/h2-8,17H,1H3,(H-,24,27)/p+1. The van der Waals surface area contributed by atoms with E-state index in [1.165, 1.54) is 43.6 Å². The zero-order valence-electron chi connectivity index (χ0n) is 13.9. The SMILES string of the molecule is C[N+]1(c2ccc(F)cc2-c2ccc(Cl)c(Cl)c2)C=C(C(N)=O)C(C(F)F)=N1. The van der Waals surface area contributed by atoms with Crippen LogP contribution >= 0.6 is 23.2 Å². The molecule has 9 heteroatoms. The summed E-state index contributed by atoms with van der Waals surface area (Å²) in [6.45, 7) is 0. The second-order valence-corrected chi connectivity index (χ2v) is 6.82. The van der Waals surface area contributed by atoms with Gasteiger partial charge in [0.2, 0.25) is 0 Å². The number of alkyl halides is 2. The van der Waals surface area contributed by atoms with Crippen LogP contribution in [0.25, 0.3) is 11.1 Å². The van der Waals surface area contributed by atoms with Gasteiger partial charge < -0.3 is 5.73 Å². The van der Waals surface area contributed by atoms with Gasteiger partial charge in [-0.15, -0.1) is 4.59 Å². The van der Waals surface area contributed by atoms with E-state index in [9.17, 15) is 18.0 Å². The lowest BCUT2D eigenvalue weighted by Gasteiger charge is -2.23. The molecule has 1 atom stereocenters. The Bertz CT molecular complexity index is 1010. The summed E-state index contributed by atoms with van der Waals surface area (Å²) in [6, 6.07) is 8.49. The van der Waals surface area contributed by atoms with Gasteiger partial charge in [0.15, 0.2) is 11.4 Å². The number of primary amides is 1. The fourth-order valence-corrected chi connectivity index (χ4v) is 3.19. The van der Waals surface area contributed by atoms with E-state index in [1.807, 2.05) is 0 Å². The van der Waals surface area contributed by atoms with Crippen LogP contribution < -0.4 is 10.3 Å². The van der Waals surface area contributed by atoms with E-state index in [2.05, 4.69) is 5.10 Å². The predicted octanol–water partition coefficient (Wildman–Crippen LogP) is 4.74. The van der Waals surface area contributed by atoms with Crippen LogP contribution in [0.2, 0.25) is 10.0 Å². The van der Waals surface area contributed by atoms with Crippen LogP contribution in [0, 0.1) is 5.82 Å². The summed E-state index contributed by atoms with van der Waals surface area (Å²) < 4.78 is 40.0. The lowest BCUT2D eigenvalue weighted by atomic mass is 10.0. The van der Waals surface area contributed by atoms with Crippen molar-refractivity contribution in [3.8, 4) is 11.1 Å². The highest BCUT2D eigenvalue weighted by molar-refractivity contribution is 6.42. The Kier molecular flexibility index (Phi) is 5.03. The van der Waals surface area contributed by atoms with Crippen LogP contribution in [-0.4, -0.2) is 25.1 Å². The minimum atomic E-state index is -2.99. The maximum atomic E-state index is 13.9. The van der Waals surface area contributed by atoms with Gasteiger partial charge in [0, 0.05) is 11.6 Å². The summed E-state index contributed by atoms with van der Waals surface area (Å²) in [6.07, 6.45) is -1.78. The van der Waals surface area contributed by atoms with Gasteiger partial charge in [0.1, 0.15) is 24.6 Å². The highest BCUT2D eigenvalue weighted by atomic mass is 35.5. The van der Waals surface area contributed by atoms with Gasteiger partial charge in [-0.3, -0.25) is 4.79 Å². The molecule has 1 unspecified atom stereocenters. The number of hydrogen-bond acceptors (Lipinski definition) is 2. The number of nitrogens with zero attached hydrogens (tertiary/aromatic N) is 2. The van der Waals surface area contributed by atoms with E-state index in [-0.39, 0.29) is 10.6 Å². The summed E-state index contributed by atoms with van der Waals surface area (Å²) in [7, 11) is 1.48. The maximum absolute atomic E-state index is 13.9. The van der Waals surface area contributed by atoms with Gasteiger partial charge >= 0.3 is 0 Å². The Morgan fingerprint density at radius 2 is 1.85 bits per heavy atom. The summed E-state index contributed by atoms with van der Waals surface area (Å²) in [5, 5.41) is 4.54. The Morgan fingerprint density at radius 1 is 1.15 bits per heavy atom. The van der Waals surface area contributed by atoms with Crippen LogP contribution in [0.15, 0.2) is 53.3 Å². The summed E-state index contributed by atoms with van der Waals surface area (Å²) >= 11 is 12.0. The van der Waals surface area contributed by atoms with Gasteiger partial charge in [-0.1, -0.05) is 34.4 Å². The molecule has 1 aliphatic rings. The van der Waals surface area contributed by atoms with Gasteiger partial charge in [-0.25, -0.2) is 13.2 Å². The molecule has 0 spiro atoms. The Hall–Kier alpha value is -2.35. The third-order valence-electron chi connectivity index (χ3n) is 4.12.